The van der Waals surface area contributed by atoms with Crippen LogP contribution >= 0.6 is 0 Å². The van der Waals surface area contributed by atoms with Crippen LogP contribution in [0.5, 0.6) is 0 Å². The molecule has 2 heterocycles. The van der Waals surface area contributed by atoms with Crippen molar-refractivity contribution in [1.29, 1.82) is 0 Å². The summed E-state index contributed by atoms with van der Waals surface area (Å²) in [6.07, 6.45) is 3.14. The van der Waals surface area contributed by atoms with Gasteiger partial charge >= 0.3 is 0 Å². The molecule has 1 aliphatic heterocycles. The van der Waals surface area contributed by atoms with Gasteiger partial charge in [0.25, 0.3) is 5.91 Å². The molecule has 0 radical (unpaired) electrons. The van der Waals surface area contributed by atoms with E-state index in [2.05, 4.69) is 10.3 Å². The number of aliphatic hydroxyl groups excluding tert-OH is 1. The van der Waals surface area contributed by atoms with Crippen LogP contribution in [0, 0.1) is 12.8 Å². The minimum Gasteiger partial charge on any atom is -0.393 e. The normalized spacial score (nSPS) is 19.6. The number of amides is 1. The lowest BCUT2D eigenvalue weighted by Gasteiger charge is -2.33. The molecule has 0 aliphatic carbocycles. The van der Waals surface area contributed by atoms with Crippen molar-refractivity contribution < 1.29 is 9.90 Å². The number of aliphatic hydroxyl groups is 1. The van der Waals surface area contributed by atoms with Gasteiger partial charge in [0.15, 0.2) is 5.69 Å². The Labute approximate surface area is 135 Å². The van der Waals surface area contributed by atoms with E-state index in [-0.39, 0.29) is 11.8 Å². The fourth-order valence-corrected chi connectivity index (χ4v) is 3.01. The molecule has 6 nitrogen and oxygen atoms in total. The maximum atomic E-state index is 12.6. The lowest BCUT2D eigenvalue weighted by atomic mass is 9.93. The summed E-state index contributed by atoms with van der Waals surface area (Å²) in [5.74, 6) is 0.0220. The summed E-state index contributed by atoms with van der Waals surface area (Å²) in [6.45, 7) is 5.08. The molecule has 1 saturated heterocycles. The number of aryl methyl sites for hydroxylation is 1. The molecule has 2 aromatic rings. The first-order chi connectivity index (χ1) is 11.0. The molecule has 1 amide bonds. The molecule has 6 heteroatoms. The molecule has 1 N–H and O–H groups in total. The summed E-state index contributed by atoms with van der Waals surface area (Å²) in [5.41, 5.74) is 2.36. The molecular weight excluding hydrogens is 292 g/mol. The van der Waals surface area contributed by atoms with Crippen LogP contribution in [-0.4, -0.2) is 50.1 Å². The summed E-state index contributed by atoms with van der Waals surface area (Å²) >= 11 is 0. The number of hydrogen-bond acceptors (Lipinski definition) is 4. The maximum Gasteiger partial charge on any atom is 0.276 e. The highest BCUT2D eigenvalue weighted by Crippen LogP contribution is 2.21. The maximum absolute atomic E-state index is 12.6. The Morgan fingerprint density at radius 3 is 3.00 bits per heavy atom. The second kappa shape index (κ2) is 6.50. The van der Waals surface area contributed by atoms with E-state index in [1.54, 1.807) is 22.7 Å². The zero-order valence-electron chi connectivity index (χ0n) is 13.5. The second-order valence-corrected chi connectivity index (χ2v) is 6.28. The smallest absolute Gasteiger partial charge is 0.276 e. The summed E-state index contributed by atoms with van der Waals surface area (Å²) in [5, 5.41) is 17.8. The molecule has 122 valence electrons. The van der Waals surface area contributed by atoms with Crippen molar-refractivity contribution in [1.82, 2.24) is 19.9 Å². The molecule has 2 atom stereocenters. The first kappa shape index (κ1) is 15.7. The van der Waals surface area contributed by atoms with Crippen molar-refractivity contribution in [3.8, 4) is 5.69 Å². The molecule has 1 fully saturated rings. The highest BCUT2D eigenvalue weighted by Gasteiger charge is 2.28. The number of hydrogen-bond donors (Lipinski definition) is 1. The molecular formula is C17H22N4O2. The van der Waals surface area contributed by atoms with Crippen LogP contribution in [0.1, 0.15) is 35.8 Å². The Bertz CT molecular complexity index is 695. The molecule has 0 saturated carbocycles. The number of aromatic nitrogens is 3. The zero-order chi connectivity index (χ0) is 16.4. The van der Waals surface area contributed by atoms with Crippen molar-refractivity contribution in [2.75, 3.05) is 13.1 Å². The van der Waals surface area contributed by atoms with Crippen molar-refractivity contribution >= 4 is 5.91 Å². The second-order valence-electron chi connectivity index (χ2n) is 6.28. The number of piperidine rings is 1. The highest BCUT2D eigenvalue weighted by molar-refractivity contribution is 5.92. The van der Waals surface area contributed by atoms with E-state index in [4.69, 9.17) is 0 Å². The Balaban J connectivity index is 1.76. The molecule has 1 aromatic carbocycles. The van der Waals surface area contributed by atoms with E-state index in [9.17, 15) is 9.90 Å². The molecule has 23 heavy (non-hydrogen) atoms. The number of likely N-dealkylation sites (tertiary alicyclic amines) is 1. The summed E-state index contributed by atoms with van der Waals surface area (Å²) in [4.78, 5) is 14.4. The van der Waals surface area contributed by atoms with Gasteiger partial charge < -0.3 is 10.0 Å². The van der Waals surface area contributed by atoms with Gasteiger partial charge in [-0.25, -0.2) is 4.68 Å². The molecule has 1 aliphatic rings. The average molecular weight is 314 g/mol. The Kier molecular flexibility index (Phi) is 4.43. The van der Waals surface area contributed by atoms with E-state index in [0.717, 1.165) is 24.1 Å². The van der Waals surface area contributed by atoms with Gasteiger partial charge in [0.05, 0.1) is 18.0 Å². The Morgan fingerprint density at radius 2 is 2.26 bits per heavy atom. The zero-order valence-corrected chi connectivity index (χ0v) is 13.5. The molecule has 0 bridgehead atoms. The van der Waals surface area contributed by atoms with Crippen molar-refractivity contribution in [3.63, 3.8) is 0 Å². The monoisotopic (exact) mass is 314 g/mol. The topological polar surface area (TPSA) is 71.2 Å². The van der Waals surface area contributed by atoms with Crippen LogP contribution in [0.25, 0.3) is 5.69 Å². The number of rotatable bonds is 3. The minimum atomic E-state index is -0.395. The van der Waals surface area contributed by atoms with Crippen LogP contribution in [0.15, 0.2) is 30.5 Å². The first-order valence-electron chi connectivity index (χ1n) is 8.01. The van der Waals surface area contributed by atoms with Crippen LogP contribution in [0.3, 0.4) is 0 Å². The van der Waals surface area contributed by atoms with Gasteiger partial charge in [0.1, 0.15) is 0 Å². The SMILES string of the molecule is Cc1cccc(-n2cc(C(=O)N3CCCC(C(C)O)C3)nn2)c1. The quantitative estimate of drug-likeness (QED) is 0.938. The van der Waals surface area contributed by atoms with Gasteiger partial charge in [-0.1, -0.05) is 17.3 Å². The Hall–Kier alpha value is -2.21. The largest absolute Gasteiger partial charge is 0.393 e. The molecule has 3 rings (SSSR count). The third kappa shape index (κ3) is 3.42. The van der Waals surface area contributed by atoms with Gasteiger partial charge in [-0.15, -0.1) is 5.10 Å². The van der Waals surface area contributed by atoms with Crippen molar-refractivity contribution in [2.24, 2.45) is 5.92 Å². The predicted molar refractivity (Wildman–Crippen MR) is 86.4 cm³/mol. The summed E-state index contributed by atoms with van der Waals surface area (Å²) in [7, 11) is 0. The van der Waals surface area contributed by atoms with E-state index >= 15 is 0 Å². The van der Waals surface area contributed by atoms with E-state index in [1.807, 2.05) is 31.2 Å². The minimum absolute atomic E-state index is 0.116. The average Bonchev–Trinajstić information content (AvgIpc) is 3.04. The van der Waals surface area contributed by atoms with Crippen LogP contribution < -0.4 is 0 Å². The third-order valence-electron chi connectivity index (χ3n) is 4.41. The summed E-state index contributed by atoms with van der Waals surface area (Å²) < 4.78 is 1.62. The van der Waals surface area contributed by atoms with Crippen LogP contribution in [0.2, 0.25) is 0 Å². The molecule has 2 unspecified atom stereocenters. The van der Waals surface area contributed by atoms with Crippen LogP contribution in [0.4, 0.5) is 0 Å². The third-order valence-corrected chi connectivity index (χ3v) is 4.41. The molecule has 0 spiro atoms. The van der Waals surface area contributed by atoms with Crippen molar-refractivity contribution in [2.45, 2.75) is 32.8 Å². The van der Waals surface area contributed by atoms with E-state index in [1.165, 1.54) is 0 Å². The summed E-state index contributed by atoms with van der Waals surface area (Å²) in [6, 6.07) is 7.88. The van der Waals surface area contributed by atoms with Gasteiger partial charge in [0.2, 0.25) is 0 Å². The fraction of sp³-hybridized carbons (Fsp3) is 0.471. The first-order valence-corrected chi connectivity index (χ1v) is 8.01. The Morgan fingerprint density at radius 1 is 1.43 bits per heavy atom. The lowest BCUT2D eigenvalue weighted by molar-refractivity contribution is 0.0461. The van der Waals surface area contributed by atoms with Crippen molar-refractivity contribution in [3.05, 3.63) is 41.7 Å². The number of carbonyl (C=O) groups excluding carboxylic acids is 1. The fourth-order valence-electron chi connectivity index (χ4n) is 3.01. The van der Waals surface area contributed by atoms with E-state index < -0.39 is 6.10 Å². The number of carbonyl (C=O) groups is 1. The van der Waals surface area contributed by atoms with Gasteiger partial charge in [-0.3, -0.25) is 4.79 Å². The highest BCUT2D eigenvalue weighted by atomic mass is 16.3. The van der Waals surface area contributed by atoms with E-state index in [0.29, 0.717) is 18.8 Å². The molecule has 1 aromatic heterocycles. The van der Waals surface area contributed by atoms with Gasteiger partial charge in [-0.2, -0.15) is 0 Å². The standard InChI is InChI=1S/C17H22N4O2/c1-12-5-3-7-15(9-12)21-11-16(18-19-21)17(23)20-8-4-6-14(10-20)13(2)22/h3,5,7,9,11,13-14,22H,4,6,8,10H2,1-2H3. The lowest BCUT2D eigenvalue weighted by Crippen LogP contribution is -2.43. The van der Waals surface area contributed by atoms with Gasteiger partial charge in [0, 0.05) is 19.0 Å². The number of benzene rings is 1. The number of nitrogens with zero attached hydrogens (tertiary/aromatic N) is 4. The predicted octanol–water partition coefficient (Wildman–Crippen LogP) is 1.81. The van der Waals surface area contributed by atoms with Gasteiger partial charge in [-0.05, 0) is 44.4 Å². The van der Waals surface area contributed by atoms with Crippen LogP contribution in [-0.2, 0) is 0 Å².